The third-order valence-corrected chi connectivity index (χ3v) is 2.44. The van der Waals surface area contributed by atoms with Gasteiger partial charge in [0.1, 0.15) is 12.6 Å². The molecule has 0 amide bonds. The number of aliphatic hydroxyl groups excluding tert-OH is 1. The first-order chi connectivity index (χ1) is 6.10. The highest BCUT2D eigenvalue weighted by Gasteiger charge is 2.25. The number of halogens is 1. The summed E-state index contributed by atoms with van der Waals surface area (Å²) in [6.45, 7) is 11.3. The minimum atomic E-state index is -0.348. The molecule has 0 radical (unpaired) electrons. The van der Waals surface area contributed by atoms with Crippen molar-refractivity contribution in [2.24, 2.45) is 0 Å². The molecule has 0 aliphatic carbocycles. The van der Waals surface area contributed by atoms with Crippen molar-refractivity contribution in [3.05, 3.63) is 25.3 Å². The summed E-state index contributed by atoms with van der Waals surface area (Å²) < 4.78 is 0.617. The molecule has 0 aromatic heterocycles. The van der Waals surface area contributed by atoms with Gasteiger partial charge in [-0.1, -0.05) is 24.8 Å². The van der Waals surface area contributed by atoms with Crippen LogP contribution in [0.4, 0.5) is 0 Å². The number of rotatable bonds is 7. The summed E-state index contributed by atoms with van der Waals surface area (Å²) in [6.07, 6.45) is 3.31. The Morgan fingerprint density at radius 2 is 1.85 bits per heavy atom. The molecule has 0 saturated carbocycles. The van der Waals surface area contributed by atoms with Crippen molar-refractivity contribution in [1.29, 1.82) is 0 Å². The highest BCUT2D eigenvalue weighted by molar-refractivity contribution is 6.17. The smallest absolute Gasteiger partial charge is 0.155 e. The SMILES string of the molecule is C=CC[N+](CCl)(CC=C)CC(C)O. The first kappa shape index (κ1) is 12.7. The van der Waals surface area contributed by atoms with Gasteiger partial charge in [-0.15, -0.1) is 0 Å². The maximum atomic E-state index is 9.33. The topological polar surface area (TPSA) is 20.2 Å². The third kappa shape index (κ3) is 4.46. The van der Waals surface area contributed by atoms with E-state index in [9.17, 15) is 5.11 Å². The molecule has 0 aliphatic rings. The molecular weight excluding hydrogens is 186 g/mol. The van der Waals surface area contributed by atoms with Gasteiger partial charge >= 0.3 is 0 Å². The fourth-order valence-corrected chi connectivity index (χ4v) is 1.77. The Morgan fingerprint density at radius 3 is 2.08 bits per heavy atom. The molecule has 0 bridgehead atoms. The zero-order valence-corrected chi connectivity index (χ0v) is 9.00. The highest BCUT2D eigenvalue weighted by atomic mass is 35.5. The fraction of sp³-hybridized carbons (Fsp3) is 0.600. The van der Waals surface area contributed by atoms with Crippen LogP contribution in [-0.4, -0.2) is 41.3 Å². The Hall–Kier alpha value is -0.310. The lowest BCUT2D eigenvalue weighted by Gasteiger charge is -2.35. The zero-order valence-electron chi connectivity index (χ0n) is 8.25. The molecule has 0 spiro atoms. The van der Waals surface area contributed by atoms with Gasteiger partial charge in [-0.25, -0.2) is 0 Å². The molecular formula is C10H19ClNO+. The standard InChI is InChI=1S/C10H19ClNO/c1-4-6-12(9-11,7-5-2)8-10(3)13/h4-5,10,13H,1-2,6-9H2,3H3/q+1. The van der Waals surface area contributed by atoms with Gasteiger partial charge in [0, 0.05) is 0 Å². The van der Waals surface area contributed by atoms with Crippen LogP contribution in [-0.2, 0) is 0 Å². The molecule has 0 fully saturated rings. The van der Waals surface area contributed by atoms with Gasteiger partial charge in [0.2, 0.25) is 0 Å². The molecule has 0 heterocycles. The van der Waals surface area contributed by atoms with Crippen LogP contribution in [0.25, 0.3) is 0 Å². The van der Waals surface area contributed by atoms with E-state index in [0.717, 1.165) is 13.1 Å². The van der Waals surface area contributed by atoms with E-state index in [4.69, 9.17) is 11.6 Å². The van der Waals surface area contributed by atoms with Gasteiger partial charge in [-0.05, 0) is 19.1 Å². The van der Waals surface area contributed by atoms with E-state index < -0.39 is 0 Å². The van der Waals surface area contributed by atoms with E-state index in [0.29, 0.717) is 17.0 Å². The van der Waals surface area contributed by atoms with Crippen LogP contribution in [0.2, 0.25) is 0 Å². The van der Waals surface area contributed by atoms with Gasteiger partial charge in [0.05, 0.1) is 13.1 Å². The molecule has 3 heteroatoms. The lowest BCUT2D eigenvalue weighted by molar-refractivity contribution is -0.909. The maximum Gasteiger partial charge on any atom is 0.155 e. The van der Waals surface area contributed by atoms with Crippen LogP contribution in [0.3, 0.4) is 0 Å². The Kier molecular flexibility index (Phi) is 6.04. The van der Waals surface area contributed by atoms with E-state index in [2.05, 4.69) is 13.2 Å². The van der Waals surface area contributed by atoms with Crippen LogP contribution in [0.5, 0.6) is 0 Å². The van der Waals surface area contributed by atoms with Crippen LogP contribution >= 0.6 is 11.6 Å². The summed E-state index contributed by atoms with van der Waals surface area (Å²) in [7, 11) is 0. The predicted molar refractivity (Wildman–Crippen MR) is 57.7 cm³/mol. The average Bonchev–Trinajstić information content (AvgIpc) is 2.04. The summed E-state index contributed by atoms with van der Waals surface area (Å²) in [5, 5.41) is 9.33. The van der Waals surface area contributed by atoms with Gasteiger partial charge in [-0.3, -0.25) is 0 Å². The number of aliphatic hydroxyl groups is 1. The molecule has 1 unspecified atom stereocenters. The van der Waals surface area contributed by atoms with E-state index in [1.54, 1.807) is 6.92 Å². The van der Waals surface area contributed by atoms with Gasteiger partial charge in [-0.2, -0.15) is 0 Å². The maximum absolute atomic E-state index is 9.33. The second-order valence-electron chi connectivity index (χ2n) is 3.44. The molecule has 76 valence electrons. The van der Waals surface area contributed by atoms with Gasteiger partial charge < -0.3 is 9.59 Å². The lowest BCUT2D eigenvalue weighted by Crippen LogP contribution is -2.51. The van der Waals surface area contributed by atoms with Crippen molar-refractivity contribution in [2.45, 2.75) is 13.0 Å². The molecule has 0 rings (SSSR count). The predicted octanol–water partition coefficient (Wildman–Crippen LogP) is 1.75. The van der Waals surface area contributed by atoms with Crippen molar-refractivity contribution in [3.8, 4) is 0 Å². The summed E-state index contributed by atoms with van der Waals surface area (Å²) in [4.78, 5) is 0. The summed E-state index contributed by atoms with van der Waals surface area (Å²) in [5.74, 6) is 0. The van der Waals surface area contributed by atoms with Crippen LogP contribution in [0.1, 0.15) is 6.92 Å². The fourth-order valence-electron chi connectivity index (χ4n) is 1.48. The molecule has 2 nitrogen and oxygen atoms in total. The van der Waals surface area contributed by atoms with Crippen LogP contribution < -0.4 is 0 Å². The number of nitrogens with zero attached hydrogens (tertiary/aromatic N) is 1. The Labute approximate surface area is 85.7 Å². The van der Waals surface area contributed by atoms with E-state index in [1.165, 1.54) is 0 Å². The lowest BCUT2D eigenvalue weighted by atomic mass is 10.3. The van der Waals surface area contributed by atoms with Crippen LogP contribution in [0, 0.1) is 0 Å². The van der Waals surface area contributed by atoms with Crippen molar-refractivity contribution < 1.29 is 9.59 Å². The van der Waals surface area contributed by atoms with Crippen LogP contribution in [0.15, 0.2) is 25.3 Å². The third-order valence-electron chi connectivity index (χ3n) is 1.94. The van der Waals surface area contributed by atoms with E-state index in [1.807, 2.05) is 12.2 Å². The molecule has 13 heavy (non-hydrogen) atoms. The Bertz CT molecular complexity index is 158. The second-order valence-corrected chi connectivity index (χ2v) is 3.67. The number of alkyl halides is 1. The Balaban J connectivity index is 4.41. The summed E-state index contributed by atoms with van der Waals surface area (Å²) in [6, 6.07) is 0.475. The van der Waals surface area contributed by atoms with Gasteiger partial charge in [0.15, 0.2) is 6.00 Å². The largest absolute Gasteiger partial charge is 0.388 e. The molecule has 0 saturated heterocycles. The molecule has 0 aromatic carbocycles. The van der Waals surface area contributed by atoms with E-state index in [-0.39, 0.29) is 6.10 Å². The summed E-state index contributed by atoms with van der Waals surface area (Å²) >= 11 is 5.89. The molecule has 1 N–H and O–H groups in total. The number of hydrogen-bond acceptors (Lipinski definition) is 1. The van der Waals surface area contributed by atoms with Crippen molar-refractivity contribution >= 4 is 11.6 Å². The minimum Gasteiger partial charge on any atom is -0.388 e. The minimum absolute atomic E-state index is 0.348. The normalized spacial score (nSPS) is 13.8. The average molecular weight is 205 g/mol. The number of hydrogen-bond donors (Lipinski definition) is 1. The first-order valence-electron chi connectivity index (χ1n) is 4.41. The van der Waals surface area contributed by atoms with Gasteiger partial charge in [0.25, 0.3) is 0 Å². The molecule has 0 aliphatic heterocycles. The number of quaternary nitrogens is 1. The quantitative estimate of drug-likeness (QED) is 0.290. The zero-order chi connectivity index (χ0) is 10.3. The first-order valence-corrected chi connectivity index (χ1v) is 4.94. The van der Waals surface area contributed by atoms with Crippen molar-refractivity contribution in [2.75, 3.05) is 25.6 Å². The molecule has 0 aromatic rings. The van der Waals surface area contributed by atoms with E-state index >= 15 is 0 Å². The highest BCUT2D eigenvalue weighted by Crippen LogP contribution is 2.10. The van der Waals surface area contributed by atoms with Crippen molar-refractivity contribution in [3.63, 3.8) is 0 Å². The van der Waals surface area contributed by atoms with Crippen molar-refractivity contribution in [1.82, 2.24) is 0 Å². The second kappa shape index (κ2) is 6.19. The Morgan fingerprint density at radius 1 is 1.38 bits per heavy atom. The molecule has 1 atom stereocenters. The summed E-state index contributed by atoms with van der Waals surface area (Å²) in [5.41, 5.74) is 0. The monoisotopic (exact) mass is 204 g/mol.